The van der Waals surface area contributed by atoms with Gasteiger partial charge in [-0.1, -0.05) is 56.3 Å². The molecular weight excluding hydrogens is 302 g/mol. The Morgan fingerprint density at radius 2 is 1.92 bits per heavy atom. The Kier molecular flexibility index (Phi) is 4.65. The Hall–Kier alpha value is -2.62. The predicted octanol–water partition coefficient (Wildman–Crippen LogP) is 3.71. The fraction of sp³-hybridized carbons (Fsp3) is 0.300. The molecule has 0 radical (unpaired) electrons. The predicted molar refractivity (Wildman–Crippen MR) is 92.7 cm³/mol. The van der Waals surface area contributed by atoms with Gasteiger partial charge in [0, 0.05) is 0 Å². The van der Waals surface area contributed by atoms with Gasteiger partial charge >= 0.3 is 6.09 Å². The summed E-state index contributed by atoms with van der Waals surface area (Å²) in [6.07, 6.45) is 1.03. The number of amides is 1. The van der Waals surface area contributed by atoms with Gasteiger partial charge in [0.2, 0.25) is 0 Å². The highest BCUT2D eigenvalue weighted by Crippen LogP contribution is 2.38. The first-order chi connectivity index (χ1) is 11.6. The number of nitrogens with one attached hydrogen (secondary N) is 1. The first-order valence-corrected chi connectivity index (χ1v) is 8.17. The van der Waals surface area contributed by atoms with Crippen LogP contribution in [-0.2, 0) is 22.6 Å². The van der Waals surface area contributed by atoms with E-state index in [0.29, 0.717) is 0 Å². The van der Waals surface area contributed by atoms with Crippen molar-refractivity contribution < 1.29 is 14.3 Å². The zero-order valence-corrected chi connectivity index (χ0v) is 13.9. The molecule has 124 valence electrons. The van der Waals surface area contributed by atoms with Crippen molar-refractivity contribution in [1.29, 1.82) is 0 Å². The lowest BCUT2D eigenvalue weighted by molar-refractivity contribution is -0.110. The Balaban J connectivity index is 1.70. The molecule has 1 aliphatic rings. The van der Waals surface area contributed by atoms with Crippen molar-refractivity contribution in [3.8, 4) is 11.1 Å². The molecule has 4 heteroatoms. The summed E-state index contributed by atoms with van der Waals surface area (Å²) in [5.41, 5.74) is 5.97. The minimum atomic E-state index is -0.561. The van der Waals surface area contributed by atoms with Crippen molar-refractivity contribution in [3.63, 3.8) is 0 Å². The maximum absolute atomic E-state index is 11.9. The molecule has 2 aromatic carbocycles. The van der Waals surface area contributed by atoms with E-state index in [0.717, 1.165) is 18.3 Å². The minimum Gasteiger partial charge on any atom is -0.445 e. The molecule has 1 N–H and O–H groups in total. The molecule has 0 aromatic heterocycles. The lowest BCUT2D eigenvalue weighted by atomic mass is 10.0. The molecule has 0 aliphatic heterocycles. The summed E-state index contributed by atoms with van der Waals surface area (Å²) in [6.45, 7) is 3.95. The van der Waals surface area contributed by atoms with Gasteiger partial charge in [-0.15, -0.1) is 0 Å². The van der Waals surface area contributed by atoms with Crippen molar-refractivity contribution in [3.05, 3.63) is 59.2 Å². The first-order valence-electron chi connectivity index (χ1n) is 8.17. The van der Waals surface area contributed by atoms with Gasteiger partial charge in [-0.2, -0.15) is 0 Å². The van der Waals surface area contributed by atoms with Crippen molar-refractivity contribution in [2.75, 3.05) is 0 Å². The van der Waals surface area contributed by atoms with Gasteiger partial charge in [-0.25, -0.2) is 4.79 Å². The number of alkyl carbamates (subject to hydrolysis) is 1. The van der Waals surface area contributed by atoms with Gasteiger partial charge < -0.3 is 14.8 Å². The van der Waals surface area contributed by atoms with E-state index >= 15 is 0 Å². The van der Waals surface area contributed by atoms with E-state index in [1.165, 1.54) is 22.3 Å². The highest BCUT2D eigenvalue weighted by Gasteiger charge is 2.21. The highest BCUT2D eigenvalue weighted by atomic mass is 16.5. The number of carbonyl (C=O) groups is 2. The molecule has 1 aliphatic carbocycles. The van der Waals surface area contributed by atoms with E-state index in [4.69, 9.17) is 4.74 Å². The maximum Gasteiger partial charge on any atom is 0.408 e. The molecule has 1 atom stereocenters. The summed E-state index contributed by atoms with van der Waals surface area (Å²) < 4.78 is 5.33. The van der Waals surface area contributed by atoms with Crippen molar-refractivity contribution in [2.45, 2.75) is 32.9 Å². The van der Waals surface area contributed by atoms with Crippen LogP contribution < -0.4 is 5.32 Å². The Morgan fingerprint density at radius 3 is 2.67 bits per heavy atom. The topological polar surface area (TPSA) is 55.4 Å². The van der Waals surface area contributed by atoms with Gasteiger partial charge in [-0.05, 0) is 40.2 Å². The summed E-state index contributed by atoms with van der Waals surface area (Å²) in [4.78, 5) is 22.9. The maximum atomic E-state index is 11.9. The molecule has 1 amide bonds. The summed E-state index contributed by atoms with van der Waals surface area (Å²) in [5.74, 6) is 0.0329. The first kappa shape index (κ1) is 16.2. The number of fused-ring (bicyclic) bond motifs is 3. The number of carbonyl (C=O) groups excluding carboxylic acids is 2. The van der Waals surface area contributed by atoms with Crippen LogP contribution in [0.3, 0.4) is 0 Å². The van der Waals surface area contributed by atoms with E-state index in [1.807, 2.05) is 38.1 Å². The van der Waals surface area contributed by atoms with Crippen LogP contribution in [0.1, 0.15) is 30.5 Å². The van der Waals surface area contributed by atoms with Crippen molar-refractivity contribution in [2.24, 2.45) is 5.92 Å². The molecule has 0 fully saturated rings. The molecule has 0 unspecified atom stereocenters. The van der Waals surface area contributed by atoms with Gasteiger partial charge in [0.05, 0.1) is 6.04 Å². The van der Waals surface area contributed by atoms with Crippen LogP contribution in [0, 0.1) is 5.92 Å². The lowest BCUT2D eigenvalue weighted by Crippen LogP contribution is -2.39. The molecule has 24 heavy (non-hydrogen) atoms. The molecule has 0 saturated carbocycles. The summed E-state index contributed by atoms with van der Waals surface area (Å²) in [6, 6.07) is 13.9. The normalized spacial score (nSPS) is 13.1. The van der Waals surface area contributed by atoms with Crippen LogP contribution in [0.4, 0.5) is 4.79 Å². The molecule has 2 aromatic rings. The molecule has 0 spiro atoms. The van der Waals surface area contributed by atoms with Gasteiger partial charge in [0.15, 0.2) is 0 Å². The van der Waals surface area contributed by atoms with Crippen LogP contribution >= 0.6 is 0 Å². The van der Waals surface area contributed by atoms with Crippen LogP contribution in [-0.4, -0.2) is 18.4 Å². The third kappa shape index (κ3) is 3.18. The van der Waals surface area contributed by atoms with Gasteiger partial charge in [-0.3, -0.25) is 0 Å². The van der Waals surface area contributed by atoms with E-state index in [9.17, 15) is 9.59 Å². The monoisotopic (exact) mass is 323 g/mol. The Labute approximate surface area is 141 Å². The Bertz CT molecular complexity index is 767. The standard InChI is InChI=1S/C20H21NO3/c1-13(2)19(11-22)21-20(23)24-12-15-7-5-9-17-16-8-4-3-6-14(16)10-18(15)17/h3-9,11,13,19H,10,12H2,1-2H3,(H,21,23)/t19-/m1/s1. The second-order valence-corrected chi connectivity index (χ2v) is 6.40. The second kappa shape index (κ2) is 6.87. The zero-order chi connectivity index (χ0) is 17.1. The molecule has 0 heterocycles. The van der Waals surface area contributed by atoms with E-state index < -0.39 is 12.1 Å². The molecule has 3 rings (SSSR count). The van der Waals surface area contributed by atoms with E-state index in [2.05, 4.69) is 23.5 Å². The zero-order valence-electron chi connectivity index (χ0n) is 13.9. The van der Waals surface area contributed by atoms with E-state index in [-0.39, 0.29) is 12.5 Å². The third-order valence-corrected chi connectivity index (χ3v) is 4.46. The number of hydrogen-bond donors (Lipinski definition) is 1. The Morgan fingerprint density at radius 1 is 1.17 bits per heavy atom. The third-order valence-electron chi connectivity index (χ3n) is 4.46. The second-order valence-electron chi connectivity index (χ2n) is 6.40. The van der Waals surface area contributed by atoms with E-state index in [1.54, 1.807) is 0 Å². The van der Waals surface area contributed by atoms with Gasteiger partial charge in [0.25, 0.3) is 0 Å². The fourth-order valence-corrected chi connectivity index (χ4v) is 3.04. The van der Waals surface area contributed by atoms with Crippen molar-refractivity contribution in [1.82, 2.24) is 5.32 Å². The summed E-state index contributed by atoms with van der Waals surface area (Å²) in [5, 5.41) is 2.59. The van der Waals surface area contributed by atoms with Gasteiger partial charge in [0.1, 0.15) is 12.9 Å². The van der Waals surface area contributed by atoms with Crippen LogP contribution in [0.2, 0.25) is 0 Å². The van der Waals surface area contributed by atoms with Crippen LogP contribution in [0.5, 0.6) is 0 Å². The highest BCUT2D eigenvalue weighted by molar-refractivity contribution is 5.78. The number of hydrogen-bond acceptors (Lipinski definition) is 3. The molecule has 4 nitrogen and oxygen atoms in total. The number of ether oxygens (including phenoxy) is 1. The lowest BCUT2D eigenvalue weighted by Gasteiger charge is -2.16. The number of rotatable bonds is 5. The molecule has 0 saturated heterocycles. The summed E-state index contributed by atoms with van der Waals surface area (Å²) >= 11 is 0. The largest absolute Gasteiger partial charge is 0.445 e. The van der Waals surface area contributed by atoms with Crippen LogP contribution in [0.25, 0.3) is 11.1 Å². The molecular formula is C20H21NO3. The quantitative estimate of drug-likeness (QED) is 0.728. The average molecular weight is 323 g/mol. The average Bonchev–Trinajstić information content (AvgIpc) is 2.96. The van der Waals surface area contributed by atoms with Crippen molar-refractivity contribution >= 4 is 12.4 Å². The number of aldehydes is 1. The fourth-order valence-electron chi connectivity index (χ4n) is 3.04. The summed E-state index contributed by atoms with van der Waals surface area (Å²) in [7, 11) is 0. The minimum absolute atomic E-state index is 0.0329. The molecule has 0 bridgehead atoms. The SMILES string of the molecule is CC(C)[C@@H](C=O)NC(=O)OCc1cccc2c1Cc1ccccc1-2. The van der Waals surface area contributed by atoms with Crippen LogP contribution in [0.15, 0.2) is 42.5 Å². The smallest absolute Gasteiger partial charge is 0.408 e. The number of benzene rings is 2.